The SMILES string of the molecule is Cc1nn(C)c(C)c1/C=N\n1c(SCC(=O)[O-])nnc1-c1ccoc1C. The number of aliphatic carboxylic acids is 1. The van der Waals surface area contributed by atoms with Crippen LogP contribution in [0.25, 0.3) is 11.4 Å². The topological polar surface area (TPSA) is 114 Å². The standard InChI is InChI=1S/C16H18N6O3S/c1-9-13(10(2)21(4)20-9)7-17-22-15(12-5-6-25-11(12)3)18-19-16(22)26-8-14(23)24/h5-7H,8H2,1-4H3,(H,23,24)/p-1/b17-7-. The summed E-state index contributed by atoms with van der Waals surface area (Å²) in [5.74, 6) is -0.303. The first-order chi connectivity index (χ1) is 12.4. The Hall–Kier alpha value is -2.88. The number of carboxylic acid groups (broad SMARTS) is 1. The van der Waals surface area contributed by atoms with Crippen molar-refractivity contribution in [2.45, 2.75) is 25.9 Å². The molecule has 0 amide bonds. The molecular weight excluding hydrogens is 356 g/mol. The Labute approximate surface area is 153 Å². The lowest BCUT2D eigenvalue weighted by Gasteiger charge is -2.04. The first-order valence-electron chi connectivity index (χ1n) is 7.75. The van der Waals surface area contributed by atoms with Gasteiger partial charge in [0.1, 0.15) is 5.76 Å². The number of rotatable bonds is 6. The molecular formula is C16H17N6O3S-. The fourth-order valence-corrected chi connectivity index (χ4v) is 3.06. The molecule has 0 aromatic carbocycles. The van der Waals surface area contributed by atoms with Crippen LogP contribution in [0.1, 0.15) is 22.7 Å². The van der Waals surface area contributed by atoms with Gasteiger partial charge >= 0.3 is 0 Å². The number of nitrogens with zero attached hydrogens (tertiary/aromatic N) is 6. The van der Waals surface area contributed by atoms with E-state index < -0.39 is 5.97 Å². The minimum Gasteiger partial charge on any atom is -0.549 e. The van der Waals surface area contributed by atoms with Gasteiger partial charge in [-0.3, -0.25) is 4.68 Å². The summed E-state index contributed by atoms with van der Waals surface area (Å²) in [7, 11) is 1.86. The van der Waals surface area contributed by atoms with E-state index >= 15 is 0 Å². The van der Waals surface area contributed by atoms with E-state index in [0.717, 1.165) is 34.3 Å². The van der Waals surface area contributed by atoms with E-state index in [4.69, 9.17) is 4.42 Å². The van der Waals surface area contributed by atoms with Gasteiger partial charge < -0.3 is 14.3 Å². The minimum absolute atomic E-state index is 0.247. The molecule has 3 rings (SSSR count). The van der Waals surface area contributed by atoms with Crippen LogP contribution in [0.15, 0.2) is 27.0 Å². The number of thioether (sulfide) groups is 1. The van der Waals surface area contributed by atoms with Gasteiger partial charge in [-0.1, -0.05) is 11.8 Å². The van der Waals surface area contributed by atoms with Gasteiger partial charge in [0.15, 0.2) is 5.82 Å². The molecule has 0 fully saturated rings. The molecule has 0 N–H and O–H groups in total. The number of aryl methyl sites for hydroxylation is 3. The van der Waals surface area contributed by atoms with Crippen molar-refractivity contribution in [3.8, 4) is 11.4 Å². The molecule has 0 aliphatic carbocycles. The number of carbonyl (C=O) groups excluding carboxylic acids is 1. The van der Waals surface area contributed by atoms with Crippen LogP contribution in [0.4, 0.5) is 0 Å². The van der Waals surface area contributed by atoms with E-state index in [1.54, 1.807) is 23.2 Å². The van der Waals surface area contributed by atoms with Crippen LogP contribution in [0.2, 0.25) is 0 Å². The number of hydrogen-bond donors (Lipinski definition) is 0. The molecule has 0 aliphatic heterocycles. The molecule has 0 atom stereocenters. The number of carboxylic acids is 1. The first kappa shape index (κ1) is 17.9. The monoisotopic (exact) mass is 373 g/mol. The number of furan rings is 1. The first-order valence-corrected chi connectivity index (χ1v) is 8.74. The third-order valence-corrected chi connectivity index (χ3v) is 4.79. The lowest BCUT2D eigenvalue weighted by Crippen LogP contribution is -2.24. The zero-order valence-electron chi connectivity index (χ0n) is 14.8. The molecule has 0 saturated heterocycles. The second-order valence-corrected chi connectivity index (χ2v) is 6.56. The maximum absolute atomic E-state index is 10.8. The number of carbonyl (C=O) groups is 1. The molecule has 0 unspecified atom stereocenters. The third-order valence-electron chi connectivity index (χ3n) is 3.90. The molecule has 3 aromatic heterocycles. The van der Waals surface area contributed by atoms with E-state index in [0.29, 0.717) is 16.7 Å². The van der Waals surface area contributed by atoms with Crippen molar-refractivity contribution in [3.63, 3.8) is 0 Å². The van der Waals surface area contributed by atoms with Gasteiger partial charge in [-0.25, -0.2) is 0 Å². The lowest BCUT2D eigenvalue weighted by atomic mass is 10.2. The predicted octanol–water partition coefficient (Wildman–Crippen LogP) is 0.921. The fraction of sp³-hybridized carbons (Fsp3) is 0.312. The maximum Gasteiger partial charge on any atom is 0.212 e. The molecule has 26 heavy (non-hydrogen) atoms. The highest BCUT2D eigenvalue weighted by atomic mass is 32.2. The van der Waals surface area contributed by atoms with Crippen molar-refractivity contribution in [1.82, 2.24) is 24.7 Å². The normalized spacial score (nSPS) is 11.5. The molecule has 0 bridgehead atoms. The second-order valence-electron chi connectivity index (χ2n) is 5.62. The molecule has 3 aromatic rings. The van der Waals surface area contributed by atoms with Crippen molar-refractivity contribution >= 4 is 23.9 Å². The van der Waals surface area contributed by atoms with Crippen LogP contribution in [0.3, 0.4) is 0 Å². The smallest absolute Gasteiger partial charge is 0.212 e. The molecule has 0 radical (unpaired) electrons. The Bertz CT molecular complexity index is 984. The molecule has 0 aliphatic rings. The van der Waals surface area contributed by atoms with Gasteiger partial charge in [0.25, 0.3) is 0 Å². The van der Waals surface area contributed by atoms with E-state index in [2.05, 4.69) is 20.4 Å². The molecule has 0 saturated carbocycles. The number of hydrogen-bond acceptors (Lipinski definition) is 8. The van der Waals surface area contributed by atoms with Gasteiger partial charge in [0, 0.05) is 24.1 Å². The highest BCUT2D eigenvalue weighted by molar-refractivity contribution is 7.99. The van der Waals surface area contributed by atoms with Crippen LogP contribution >= 0.6 is 11.8 Å². The Morgan fingerprint density at radius 2 is 2.15 bits per heavy atom. The fourth-order valence-electron chi connectivity index (χ4n) is 2.46. The van der Waals surface area contributed by atoms with Gasteiger partial charge in [-0.15, -0.1) is 10.2 Å². The largest absolute Gasteiger partial charge is 0.549 e. The molecule has 10 heteroatoms. The van der Waals surface area contributed by atoms with Crippen molar-refractivity contribution < 1.29 is 14.3 Å². The highest BCUT2D eigenvalue weighted by Crippen LogP contribution is 2.27. The highest BCUT2D eigenvalue weighted by Gasteiger charge is 2.17. The van der Waals surface area contributed by atoms with E-state index in [1.165, 1.54) is 4.68 Å². The van der Waals surface area contributed by atoms with Crippen LogP contribution in [0, 0.1) is 20.8 Å². The zero-order chi connectivity index (χ0) is 18.8. The molecule has 0 spiro atoms. The summed E-state index contributed by atoms with van der Waals surface area (Å²) in [6.45, 7) is 5.65. The molecule has 9 nitrogen and oxygen atoms in total. The number of aromatic nitrogens is 5. The van der Waals surface area contributed by atoms with Gasteiger partial charge in [0.05, 0.1) is 29.7 Å². The van der Waals surface area contributed by atoms with Crippen molar-refractivity contribution in [1.29, 1.82) is 0 Å². The van der Waals surface area contributed by atoms with Gasteiger partial charge in [0.2, 0.25) is 5.16 Å². The van der Waals surface area contributed by atoms with E-state index in [1.807, 2.05) is 27.8 Å². The summed E-state index contributed by atoms with van der Waals surface area (Å²) >= 11 is 0.990. The average Bonchev–Trinajstić information content (AvgIpc) is 3.23. The lowest BCUT2D eigenvalue weighted by molar-refractivity contribution is -0.301. The quantitative estimate of drug-likeness (QED) is 0.466. The van der Waals surface area contributed by atoms with E-state index in [-0.39, 0.29) is 5.75 Å². The van der Waals surface area contributed by atoms with Crippen molar-refractivity contribution in [2.75, 3.05) is 5.75 Å². The summed E-state index contributed by atoms with van der Waals surface area (Å²) in [5.41, 5.74) is 3.41. The summed E-state index contributed by atoms with van der Waals surface area (Å²) in [6.07, 6.45) is 3.22. The second kappa shape index (κ2) is 7.16. The Morgan fingerprint density at radius 3 is 2.73 bits per heavy atom. The Balaban J connectivity index is 2.05. The predicted molar refractivity (Wildman–Crippen MR) is 93.9 cm³/mol. The van der Waals surface area contributed by atoms with Crippen LogP contribution in [0.5, 0.6) is 0 Å². The van der Waals surface area contributed by atoms with Gasteiger partial charge in [-0.05, 0) is 26.8 Å². The summed E-state index contributed by atoms with van der Waals surface area (Å²) in [6, 6.07) is 1.76. The van der Waals surface area contributed by atoms with Crippen molar-refractivity contribution in [3.05, 3.63) is 35.0 Å². The zero-order valence-corrected chi connectivity index (χ0v) is 15.6. The third kappa shape index (κ3) is 3.40. The Kier molecular flexibility index (Phi) is 4.94. The summed E-state index contributed by atoms with van der Waals surface area (Å²) in [5, 5.41) is 28.2. The summed E-state index contributed by atoms with van der Waals surface area (Å²) in [4.78, 5) is 10.8. The molecule has 3 heterocycles. The van der Waals surface area contributed by atoms with Crippen LogP contribution in [-0.2, 0) is 11.8 Å². The minimum atomic E-state index is -1.19. The van der Waals surface area contributed by atoms with Gasteiger partial charge in [-0.2, -0.15) is 14.9 Å². The van der Waals surface area contributed by atoms with E-state index in [9.17, 15) is 9.90 Å². The average molecular weight is 373 g/mol. The van der Waals surface area contributed by atoms with Crippen LogP contribution < -0.4 is 5.11 Å². The molecule has 136 valence electrons. The summed E-state index contributed by atoms with van der Waals surface area (Å²) < 4.78 is 8.60. The maximum atomic E-state index is 10.8. The Morgan fingerprint density at radius 1 is 1.38 bits per heavy atom. The van der Waals surface area contributed by atoms with Crippen molar-refractivity contribution in [2.24, 2.45) is 12.1 Å². The van der Waals surface area contributed by atoms with Crippen LogP contribution in [-0.4, -0.2) is 42.6 Å².